The third kappa shape index (κ3) is 3.78. The maximum atomic E-state index is 12.4. The SMILES string of the molecule is CCOc1ccc(Cl)c(C(=O)Nc2cccc(C)c2C(N)=O)n1. The molecule has 1 heterocycles. The smallest absolute Gasteiger partial charge is 0.275 e. The standard InChI is InChI=1S/C16H16ClN3O3/c1-3-23-12-8-7-10(17)14(20-12)16(22)19-11-6-4-5-9(2)13(11)15(18)21/h4-8H,3H2,1-2H3,(H2,18,21)(H,19,22). The van der Waals surface area contributed by atoms with Crippen molar-refractivity contribution in [1.82, 2.24) is 4.98 Å². The van der Waals surface area contributed by atoms with Crippen LogP contribution in [0.4, 0.5) is 5.69 Å². The van der Waals surface area contributed by atoms with Gasteiger partial charge in [-0.25, -0.2) is 4.98 Å². The molecule has 6 nitrogen and oxygen atoms in total. The predicted molar refractivity (Wildman–Crippen MR) is 88.1 cm³/mol. The highest BCUT2D eigenvalue weighted by molar-refractivity contribution is 6.34. The Morgan fingerprint density at radius 2 is 2.04 bits per heavy atom. The molecule has 0 saturated heterocycles. The summed E-state index contributed by atoms with van der Waals surface area (Å²) in [6.45, 7) is 3.96. The number of carbonyl (C=O) groups is 2. The monoisotopic (exact) mass is 333 g/mol. The van der Waals surface area contributed by atoms with Crippen molar-refractivity contribution < 1.29 is 14.3 Å². The molecule has 7 heteroatoms. The number of nitrogens with one attached hydrogen (secondary N) is 1. The number of nitrogens with two attached hydrogens (primary N) is 1. The molecule has 2 amide bonds. The number of benzene rings is 1. The van der Waals surface area contributed by atoms with Gasteiger partial charge in [0.05, 0.1) is 22.9 Å². The highest BCUT2D eigenvalue weighted by Gasteiger charge is 2.18. The predicted octanol–water partition coefficient (Wildman–Crippen LogP) is 2.79. The van der Waals surface area contributed by atoms with Gasteiger partial charge in [0, 0.05) is 6.07 Å². The Bertz CT molecular complexity index is 762. The second-order valence-electron chi connectivity index (χ2n) is 4.73. The molecule has 0 spiro atoms. The van der Waals surface area contributed by atoms with Crippen LogP contribution in [0.3, 0.4) is 0 Å². The average molecular weight is 334 g/mol. The third-order valence-corrected chi connectivity index (χ3v) is 3.40. The van der Waals surface area contributed by atoms with Crippen molar-refractivity contribution in [2.75, 3.05) is 11.9 Å². The minimum atomic E-state index is -0.625. The van der Waals surface area contributed by atoms with Crippen LogP contribution in [0.5, 0.6) is 5.88 Å². The van der Waals surface area contributed by atoms with E-state index in [1.165, 1.54) is 6.07 Å². The summed E-state index contributed by atoms with van der Waals surface area (Å²) in [4.78, 5) is 28.1. The van der Waals surface area contributed by atoms with Crippen LogP contribution < -0.4 is 15.8 Å². The summed E-state index contributed by atoms with van der Waals surface area (Å²) in [5.74, 6) is -0.883. The van der Waals surface area contributed by atoms with Crippen LogP contribution in [0, 0.1) is 6.92 Å². The molecule has 0 radical (unpaired) electrons. The Balaban J connectivity index is 2.35. The number of carbonyl (C=O) groups excluding carboxylic acids is 2. The number of rotatable bonds is 5. The Kier molecular flexibility index (Phi) is 5.18. The summed E-state index contributed by atoms with van der Waals surface area (Å²) in [5.41, 5.74) is 6.60. The molecule has 2 aromatic rings. The first kappa shape index (κ1) is 16.8. The van der Waals surface area contributed by atoms with Gasteiger partial charge in [0.15, 0.2) is 5.69 Å². The van der Waals surface area contributed by atoms with E-state index in [-0.39, 0.29) is 16.3 Å². The number of hydrogen-bond donors (Lipinski definition) is 2. The Labute approximate surface area is 138 Å². The molecule has 1 aromatic heterocycles. The maximum absolute atomic E-state index is 12.4. The molecule has 0 aliphatic rings. The lowest BCUT2D eigenvalue weighted by Gasteiger charge is -2.12. The van der Waals surface area contributed by atoms with Gasteiger partial charge in [-0.15, -0.1) is 0 Å². The third-order valence-electron chi connectivity index (χ3n) is 3.10. The van der Waals surface area contributed by atoms with Gasteiger partial charge in [-0.3, -0.25) is 9.59 Å². The molecule has 2 rings (SSSR count). The molecular formula is C16H16ClN3O3. The molecule has 0 atom stereocenters. The van der Waals surface area contributed by atoms with E-state index >= 15 is 0 Å². The first-order valence-electron chi connectivity index (χ1n) is 6.94. The van der Waals surface area contributed by atoms with Gasteiger partial charge >= 0.3 is 0 Å². The largest absolute Gasteiger partial charge is 0.478 e. The number of pyridine rings is 1. The van der Waals surface area contributed by atoms with Gasteiger partial charge in [-0.05, 0) is 31.5 Å². The summed E-state index contributed by atoms with van der Waals surface area (Å²) in [6, 6.07) is 8.13. The van der Waals surface area contributed by atoms with Crippen molar-refractivity contribution in [2.45, 2.75) is 13.8 Å². The van der Waals surface area contributed by atoms with Crippen LogP contribution in [-0.2, 0) is 0 Å². The zero-order valence-electron chi connectivity index (χ0n) is 12.7. The number of ether oxygens (including phenoxy) is 1. The molecule has 0 fully saturated rings. The van der Waals surface area contributed by atoms with Gasteiger partial charge in [0.1, 0.15) is 0 Å². The van der Waals surface area contributed by atoms with Crippen molar-refractivity contribution in [3.8, 4) is 5.88 Å². The summed E-state index contributed by atoms with van der Waals surface area (Å²) in [6.07, 6.45) is 0. The second kappa shape index (κ2) is 7.11. The lowest BCUT2D eigenvalue weighted by molar-refractivity contribution is 0.100. The lowest BCUT2D eigenvalue weighted by Crippen LogP contribution is -2.20. The minimum Gasteiger partial charge on any atom is -0.478 e. The topological polar surface area (TPSA) is 94.3 Å². The summed E-state index contributed by atoms with van der Waals surface area (Å²) < 4.78 is 5.26. The number of aromatic nitrogens is 1. The van der Waals surface area contributed by atoms with E-state index < -0.39 is 11.8 Å². The highest BCUT2D eigenvalue weighted by atomic mass is 35.5. The van der Waals surface area contributed by atoms with Gasteiger partial charge in [0.25, 0.3) is 11.8 Å². The van der Waals surface area contributed by atoms with E-state index in [1.807, 2.05) is 6.92 Å². The van der Waals surface area contributed by atoms with E-state index in [0.717, 1.165) is 0 Å². The van der Waals surface area contributed by atoms with Gasteiger partial charge in [-0.1, -0.05) is 23.7 Å². The van der Waals surface area contributed by atoms with E-state index in [2.05, 4.69) is 10.3 Å². The van der Waals surface area contributed by atoms with Crippen molar-refractivity contribution in [2.24, 2.45) is 5.73 Å². The number of primary amides is 1. The quantitative estimate of drug-likeness (QED) is 0.879. The zero-order chi connectivity index (χ0) is 17.0. The summed E-state index contributed by atoms with van der Waals surface area (Å²) >= 11 is 6.02. The molecule has 0 saturated carbocycles. The zero-order valence-corrected chi connectivity index (χ0v) is 13.5. The van der Waals surface area contributed by atoms with Crippen LogP contribution in [0.1, 0.15) is 33.3 Å². The van der Waals surface area contributed by atoms with Crippen LogP contribution >= 0.6 is 11.6 Å². The van der Waals surface area contributed by atoms with Crippen LogP contribution in [0.25, 0.3) is 0 Å². The second-order valence-corrected chi connectivity index (χ2v) is 5.14. The number of halogens is 1. The first-order valence-corrected chi connectivity index (χ1v) is 7.32. The average Bonchev–Trinajstić information content (AvgIpc) is 2.49. The molecule has 1 aromatic carbocycles. The summed E-state index contributed by atoms with van der Waals surface area (Å²) in [5, 5.41) is 2.80. The molecule has 3 N–H and O–H groups in total. The fourth-order valence-electron chi connectivity index (χ4n) is 2.09. The van der Waals surface area contributed by atoms with Crippen LogP contribution in [-0.4, -0.2) is 23.4 Å². The fraction of sp³-hybridized carbons (Fsp3) is 0.188. The van der Waals surface area contributed by atoms with E-state index in [9.17, 15) is 9.59 Å². The number of amides is 2. The molecule has 23 heavy (non-hydrogen) atoms. The van der Waals surface area contributed by atoms with Crippen molar-refractivity contribution in [1.29, 1.82) is 0 Å². The molecule has 0 aliphatic heterocycles. The Hall–Kier alpha value is -2.60. The number of aryl methyl sites for hydroxylation is 1. The molecule has 0 aliphatic carbocycles. The van der Waals surface area contributed by atoms with E-state index in [0.29, 0.717) is 23.7 Å². The molecule has 120 valence electrons. The summed E-state index contributed by atoms with van der Waals surface area (Å²) in [7, 11) is 0. The maximum Gasteiger partial charge on any atom is 0.275 e. The number of hydrogen-bond acceptors (Lipinski definition) is 4. The van der Waals surface area contributed by atoms with Crippen molar-refractivity contribution in [3.05, 3.63) is 52.2 Å². The van der Waals surface area contributed by atoms with Gasteiger partial charge in [0.2, 0.25) is 5.88 Å². The number of anilines is 1. The Morgan fingerprint density at radius 1 is 1.30 bits per heavy atom. The van der Waals surface area contributed by atoms with Crippen LogP contribution in [0.15, 0.2) is 30.3 Å². The normalized spacial score (nSPS) is 10.2. The Morgan fingerprint density at radius 3 is 2.70 bits per heavy atom. The molecular weight excluding hydrogens is 318 g/mol. The first-order chi connectivity index (χ1) is 10.9. The van der Waals surface area contributed by atoms with E-state index in [4.69, 9.17) is 22.1 Å². The molecule has 0 unspecified atom stereocenters. The van der Waals surface area contributed by atoms with Gasteiger partial charge < -0.3 is 15.8 Å². The molecule has 0 bridgehead atoms. The van der Waals surface area contributed by atoms with Crippen molar-refractivity contribution in [3.63, 3.8) is 0 Å². The van der Waals surface area contributed by atoms with Crippen LogP contribution in [0.2, 0.25) is 5.02 Å². The lowest BCUT2D eigenvalue weighted by atomic mass is 10.1. The van der Waals surface area contributed by atoms with Crippen molar-refractivity contribution >= 4 is 29.1 Å². The minimum absolute atomic E-state index is 0.00884. The highest BCUT2D eigenvalue weighted by Crippen LogP contribution is 2.22. The van der Waals surface area contributed by atoms with Gasteiger partial charge in [-0.2, -0.15) is 0 Å². The number of nitrogens with zero attached hydrogens (tertiary/aromatic N) is 1. The fourth-order valence-corrected chi connectivity index (χ4v) is 2.28. The van der Waals surface area contributed by atoms with E-state index in [1.54, 1.807) is 31.2 Å².